The van der Waals surface area contributed by atoms with Gasteiger partial charge in [-0.05, 0) is 77.6 Å². The van der Waals surface area contributed by atoms with Crippen molar-refractivity contribution in [2.24, 2.45) is 0 Å². The molecule has 0 radical (unpaired) electrons. The Hall–Kier alpha value is -0.0400. The van der Waals surface area contributed by atoms with E-state index in [1.807, 2.05) is 7.11 Å². The minimum atomic E-state index is 1.13. The Morgan fingerprint density at radius 1 is 0.800 bits per heavy atom. The molecule has 0 heterocycles. The lowest BCUT2D eigenvalue weighted by Gasteiger charge is -2.15. The third kappa shape index (κ3) is 10.0. The molecule has 0 bridgehead atoms. The van der Waals surface area contributed by atoms with Crippen LogP contribution in [-0.4, -0.2) is 7.11 Å². The maximum absolute atomic E-state index is 5.80. The summed E-state index contributed by atoms with van der Waals surface area (Å²) in [5, 5.41) is 0. The van der Waals surface area contributed by atoms with Gasteiger partial charge < -0.3 is 4.74 Å². The van der Waals surface area contributed by atoms with Gasteiger partial charge in [0.25, 0.3) is 0 Å². The largest absolute Gasteiger partial charge is 0.496 e. The van der Waals surface area contributed by atoms with Gasteiger partial charge in [0.15, 0.2) is 0 Å². The summed E-state index contributed by atoms with van der Waals surface area (Å²) >= 11 is 4.59. The molecule has 0 saturated heterocycles. The minimum absolute atomic E-state index is 1.13. The third-order valence-electron chi connectivity index (χ3n) is 4.40. The Labute approximate surface area is 182 Å². The summed E-state index contributed by atoms with van der Waals surface area (Å²) in [6.45, 7) is 2.21. The number of halogens is 2. The predicted octanol–water partition coefficient (Wildman–Crippen LogP) is 8.11. The molecule has 0 unspecified atom stereocenters. The van der Waals surface area contributed by atoms with Crippen molar-refractivity contribution in [2.75, 3.05) is 7.11 Å². The highest BCUT2D eigenvalue weighted by Gasteiger charge is 2.10. The van der Waals surface area contributed by atoms with Gasteiger partial charge in [-0.25, -0.2) is 0 Å². The van der Waals surface area contributed by atoms with E-state index in [2.05, 4.69) is 84.6 Å². The smallest absolute Gasteiger partial charge is 0.125 e. The van der Waals surface area contributed by atoms with Crippen LogP contribution in [0, 0.1) is 6.92 Å². The molecule has 0 aliphatic heterocycles. The summed E-state index contributed by atoms with van der Waals surface area (Å²) in [4.78, 5) is 0. The van der Waals surface area contributed by atoms with Crippen molar-refractivity contribution in [1.29, 1.82) is 0 Å². The Kier molecular flexibility index (Phi) is 13.9. The van der Waals surface area contributed by atoms with Crippen LogP contribution in [0.2, 0.25) is 0 Å². The number of ether oxygens (including phenoxy) is 1. The molecule has 1 nitrogen and oxygen atoms in total. The standard InChI is InChI=1S/C22H32I2O/c1-19-17-20(13-9-5-3-7-11-15-23)22(25-2)21(18-19)14-10-6-4-8-12-16-24/h11-12,15-18H,3-10,13-14H2,1-2H3/b15-11+,16-12+. The van der Waals surface area contributed by atoms with Gasteiger partial charge in [0.2, 0.25) is 0 Å². The molecular weight excluding hydrogens is 534 g/mol. The number of hydrogen-bond donors (Lipinski definition) is 0. The number of allylic oxidation sites excluding steroid dienone is 2. The van der Waals surface area contributed by atoms with E-state index in [1.54, 1.807) is 0 Å². The first kappa shape index (κ1) is 23.0. The number of rotatable bonds is 13. The molecule has 0 aromatic heterocycles. The Morgan fingerprint density at radius 3 is 1.68 bits per heavy atom. The summed E-state index contributed by atoms with van der Waals surface area (Å²) < 4.78 is 10.0. The van der Waals surface area contributed by atoms with Gasteiger partial charge in [0, 0.05) is 0 Å². The summed E-state index contributed by atoms with van der Waals surface area (Å²) in [5.41, 5.74) is 4.16. The van der Waals surface area contributed by atoms with Crippen LogP contribution in [0.1, 0.15) is 68.1 Å². The van der Waals surface area contributed by atoms with Crippen molar-refractivity contribution < 1.29 is 4.74 Å². The third-order valence-corrected chi connectivity index (χ3v) is 5.42. The highest BCUT2D eigenvalue weighted by atomic mass is 127. The first-order valence-electron chi connectivity index (χ1n) is 9.39. The monoisotopic (exact) mass is 566 g/mol. The predicted molar refractivity (Wildman–Crippen MR) is 128 cm³/mol. The van der Waals surface area contributed by atoms with Crippen LogP contribution >= 0.6 is 45.2 Å². The number of methoxy groups -OCH3 is 1. The van der Waals surface area contributed by atoms with Gasteiger partial charge in [-0.2, -0.15) is 0 Å². The van der Waals surface area contributed by atoms with Gasteiger partial charge in [0.1, 0.15) is 5.75 Å². The average Bonchev–Trinajstić information content (AvgIpc) is 2.60. The van der Waals surface area contributed by atoms with Crippen molar-refractivity contribution >= 4 is 45.2 Å². The van der Waals surface area contributed by atoms with Crippen LogP contribution in [0.25, 0.3) is 0 Å². The fourth-order valence-corrected chi connectivity index (χ4v) is 3.92. The molecule has 0 spiro atoms. The molecule has 1 aromatic rings. The zero-order valence-corrected chi connectivity index (χ0v) is 20.0. The van der Waals surface area contributed by atoms with Crippen LogP contribution < -0.4 is 4.74 Å². The first-order chi connectivity index (χ1) is 12.2. The molecule has 0 aliphatic rings. The van der Waals surface area contributed by atoms with Gasteiger partial charge in [0.05, 0.1) is 7.11 Å². The van der Waals surface area contributed by atoms with Crippen molar-refractivity contribution in [1.82, 2.24) is 0 Å². The zero-order valence-electron chi connectivity index (χ0n) is 15.7. The number of hydrogen-bond acceptors (Lipinski definition) is 1. The lowest BCUT2D eigenvalue weighted by atomic mass is 9.96. The van der Waals surface area contributed by atoms with Crippen molar-refractivity contribution in [2.45, 2.75) is 71.1 Å². The fraction of sp³-hybridized carbons (Fsp3) is 0.545. The molecule has 0 amide bonds. The van der Waals surface area contributed by atoms with Crippen LogP contribution in [0.3, 0.4) is 0 Å². The van der Waals surface area contributed by atoms with E-state index in [-0.39, 0.29) is 0 Å². The highest BCUT2D eigenvalue weighted by molar-refractivity contribution is 14.1. The lowest BCUT2D eigenvalue weighted by Crippen LogP contribution is -2.00. The minimum Gasteiger partial charge on any atom is -0.496 e. The van der Waals surface area contributed by atoms with Gasteiger partial charge in [-0.1, -0.05) is 87.9 Å². The van der Waals surface area contributed by atoms with E-state index < -0.39 is 0 Å². The highest BCUT2D eigenvalue weighted by Crippen LogP contribution is 2.29. The fourth-order valence-electron chi connectivity index (χ4n) is 3.20. The molecule has 25 heavy (non-hydrogen) atoms. The molecule has 0 atom stereocenters. The van der Waals surface area contributed by atoms with Gasteiger partial charge >= 0.3 is 0 Å². The molecule has 1 rings (SSSR count). The second-order valence-corrected chi connectivity index (χ2v) is 7.98. The van der Waals surface area contributed by atoms with Crippen molar-refractivity contribution in [3.8, 4) is 5.75 Å². The number of unbranched alkanes of at least 4 members (excludes halogenated alkanes) is 6. The van der Waals surface area contributed by atoms with Crippen LogP contribution in [0.4, 0.5) is 0 Å². The van der Waals surface area contributed by atoms with E-state index in [9.17, 15) is 0 Å². The second-order valence-electron chi connectivity index (χ2n) is 6.54. The Morgan fingerprint density at radius 2 is 1.28 bits per heavy atom. The van der Waals surface area contributed by atoms with Crippen LogP contribution in [0.15, 0.2) is 32.5 Å². The average molecular weight is 566 g/mol. The lowest BCUT2D eigenvalue weighted by molar-refractivity contribution is 0.402. The van der Waals surface area contributed by atoms with E-state index >= 15 is 0 Å². The number of aryl methyl sites for hydroxylation is 3. The van der Waals surface area contributed by atoms with E-state index in [1.165, 1.54) is 68.1 Å². The van der Waals surface area contributed by atoms with Gasteiger partial charge in [-0.3, -0.25) is 0 Å². The second kappa shape index (κ2) is 15.1. The zero-order chi connectivity index (χ0) is 18.3. The molecule has 140 valence electrons. The summed E-state index contributed by atoms with van der Waals surface area (Å²) in [5.74, 6) is 1.14. The number of benzene rings is 1. The van der Waals surface area contributed by atoms with Crippen LogP contribution in [0.5, 0.6) is 5.75 Å². The Bertz CT molecular complexity index is 492. The van der Waals surface area contributed by atoms with Crippen molar-refractivity contribution in [3.05, 3.63) is 49.1 Å². The normalized spacial score (nSPS) is 11.7. The summed E-state index contributed by atoms with van der Waals surface area (Å²) in [7, 11) is 1.83. The maximum atomic E-state index is 5.80. The molecular formula is C22H32I2O. The van der Waals surface area contributed by atoms with E-state index in [0.29, 0.717) is 0 Å². The molecule has 3 heteroatoms. The van der Waals surface area contributed by atoms with E-state index in [4.69, 9.17) is 4.74 Å². The summed E-state index contributed by atoms with van der Waals surface area (Å²) in [6.07, 6.45) is 16.8. The summed E-state index contributed by atoms with van der Waals surface area (Å²) in [6, 6.07) is 4.64. The van der Waals surface area contributed by atoms with Crippen molar-refractivity contribution in [3.63, 3.8) is 0 Å². The molecule has 0 saturated carbocycles. The topological polar surface area (TPSA) is 9.23 Å². The quantitative estimate of drug-likeness (QED) is 0.173. The molecule has 0 N–H and O–H groups in total. The SMILES string of the molecule is COc1c(CCCCC/C=C/I)cc(C)cc1CCCCC/C=C/I. The van der Waals surface area contributed by atoms with Crippen LogP contribution in [-0.2, 0) is 12.8 Å². The Balaban J connectivity index is 2.55. The molecule has 0 aliphatic carbocycles. The molecule has 1 aromatic carbocycles. The van der Waals surface area contributed by atoms with Gasteiger partial charge in [-0.15, -0.1) is 0 Å². The maximum Gasteiger partial charge on any atom is 0.125 e. The molecule has 0 fully saturated rings. The van der Waals surface area contributed by atoms with E-state index in [0.717, 1.165) is 18.6 Å². The first-order valence-corrected chi connectivity index (χ1v) is 11.9.